The molecule has 0 amide bonds. The van der Waals surface area contributed by atoms with Gasteiger partial charge in [-0.3, -0.25) is 0 Å². The Morgan fingerprint density at radius 3 is 1.62 bits per heavy atom. The molecule has 0 N–H and O–H groups in total. The van der Waals surface area contributed by atoms with Crippen molar-refractivity contribution in [2.75, 3.05) is 9.62 Å². The van der Waals surface area contributed by atoms with Crippen molar-refractivity contribution in [3.63, 3.8) is 0 Å². The fraction of sp³-hybridized carbons (Fsp3) is 0. The van der Waals surface area contributed by atoms with E-state index in [9.17, 15) is 8.78 Å². The molecule has 1 aromatic carbocycles. The maximum absolute atomic E-state index is 13.5. The number of fused-ring (bicyclic) bond motifs is 1. The fourth-order valence-corrected chi connectivity index (χ4v) is 2.53. The maximum atomic E-state index is 13.5. The second-order valence-electron chi connectivity index (χ2n) is 5.01. The van der Waals surface area contributed by atoms with Crippen molar-refractivity contribution in [2.24, 2.45) is 0 Å². The Balaban J connectivity index is 0.00000169. The third kappa shape index (κ3) is 2.92. The van der Waals surface area contributed by atoms with Gasteiger partial charge in [0.15, 0.2) is 0 Å². The molecule has 0 bridgehead atoms. The summed E-state index contributed by atoms with van der Waals surface area (Å²) in [5, 5.41) is 0. The van der Waals surface area contributed by atoms with Crippen molar-refractivity contribution in [3.05, 3.63) is 72.6 Å². The van der Waals surface area contributed by atoms with Crippen molar-refractivity contribution in [3.8, 4) is 0 Å². The van der Waals surface area contributed by atoms with Crippen molar-refractivity contribution >= 4 is 30.6 Å². The summed E-state index contributed by atoms with van der Waals surface area (Å²) in [6.07, 6.45) is 2.81. The van der Waals surface area contributed by atoms with Crippen LogP contribution < -0.4 is 9.62 Å². The van der Waals surface area contributed by atoms with Crippen LogP contribution in [0.1, 0.15) is 0 Å². The Labute approximate surface area is 152 Å². The van der Waals surface area contributed by atoms with Gasteiger partial charge in [0, 0.05) is 45.6 Å². The molecule has 2 aromatic heterocycles. The van der Waals surface area contributed by atoms with Gasteiger partial charge >= 0.3 is 7.55 Å². The van der Waals surface area contributed by atoms with E-state index >= 15 is 0 Å². The van der Waals surface area contributed by atoms with Crippen LogP contribution in [0.2, 0.25) is 0 Å². The number of nitrogens with zero attached hydrogens (tertiary/aromatic N) is 4. The normalized spacial score (nSPS) is 12.4. The Bertz CT molecular complexity index is 809. The number of pyridine rings is 2. The second-order valence-corrected chi connectivity index (χ2v) is 5.01. The van der Waals surface area contributed by atoms with Crippen molar-refractivity contribution < 1.29 is 29.8 Å². The Morgan fingerprint density at radius 1 is 0.750 bits per heavy atom. The molecule has 0 spiro atoms. The van der Waals surface area contributed by atoms with Gasteiger partial charge in [-0.15, -0.1) is 0 Å². The van der Waals surface area contributed by atoms with Gasteiger partial charge in [0.1, 0.15) is 23.3 Å². The minimum atomic E-state index is -0.372. The summed E-state index contributed by atoms with van der Waals surface area (Å²) in [7, 11) is 1.72. The number of hydrogen-bond donors (Lipinski definition) is 0. The molecule has 0 atom stereocenters. The van der Waals surface area contributed by atoms with Crippen LogP contribution in [0.15, 0.2) is 60.9 Å². The average Bonchev–Trinajstić information content (AvgIpc) is 2.95. The third-order valence-electron chi connectivity index (χ3n) is 3.54. The van der Waals surface area contributed by atoms with E-state index < -0.39 is 0 Å². The van der Waals surface area contributed by atoms with Gasteiger partial charge in [-0.25, -0.2) is 18.7 Å². The van der Waals surface area contributed by atoms with Crippen LogP contribution in [0.25, 0.3) is 0 Å². The third-order valence-corrected chi connectivity index (χ3v) is 3.54. The molecular formula is C16H10BF2N4Pt. The molecule has 4 nitrogen and oxygen atoms in total. The molecular weight excluding hydrogens is 492 g/mol. The SMILES string of the molecule is Fc1ccnc(N2[B]N(c3cc(F)ccn3)c3ccccc32)c1.[Pt]. The first-order valence-electron chi connectivity index (χ1n) is 6.98. The van der Waals surface area contributed by atoms with E-state index in [1.54, 1.807) is 17.2 Å². The van der Waals surface area contributed by atoms with Crippen LogP contribution in [-0.4, -0.2) is 17.5 Å². The molecule has 1 aliphatic heterocycles. The van der Waals surface area contributed by atoms with Gasteiger partial charge in [0.25, 0.3) is 0 Å². The zero-order valence-electron chi connectivity index (χ0n) is 12.2. The number of rotatable bonds is 2. The van der Waals surface area contributed by atoms with Gasteiger partial charge in [-0.2, -0.15) is 0 Å². The van der Waals surface area contributed by atoms with E-state index in [2.05, 4.69) is 9.97 Å². The molecule has 4 rings (SSSR count). The molecule has 8 heteroatoms. The molecule has 0 saturated carbocycles. The van der Waals surface area contributed by atoms with Gasteiger partial charge in [-0.1, -0.05) is 12.1 Å². The molecule has 0 saturated heterocycles. The first kappa shape index (κ1) is 16.6. The Morgan fingerprint density at radius 2 is 1.21 bits per heavy atom. The predicted molar refractivity (Wildman–Crippen MR) is 84.9 cm³/mol. The first-order valence-corrected chi connectivity index (χ1v) is 6.98. The quantitative estimate of drug-likeness (QED) is 0.502. The second kappa shape index (κ2) is 6.69. The Kier molecular flexibility index (Phi) is 4.62. The van der Waals surface area contributed by atoms with E-state index in [4.69, 9.17) is 0 Å². The number of anilines is 4. The van der Waals surface area contributed by atoms with Crippen LogP contribution >= 0.6 is 0 Å². The molecule has 24 heavy (non-hydrogen) atoms. The van der Waals surface area contributed by atoms with Crippen LogP contribution in [0.5, 0.6) is 0 Å². The van der Waals surface area contributed by atoms with Crippen LogP contribution in [-0.2, 0) is 21.1 Å². The molecule has 1 radical (unpaired) electrons. The number of aromatic nitrogens is 2. The minimum absolute atomic E-state index is 0. The van der Waals surface area contributed by atoms with Gasteiger partial charge in [0.05, 0.1) is 11.4 Å². The summed E-state index contributed by atoms with van der Waals surface area (Å²) in [6.45, 7) is 0. The van der Waals surface area contributed by atoms with E-state index in [0.717, 1.165) is 11.4 Å². The standard InChI is InChI=1S/C16H10BF2N4.Pt/c18-11-5-7-20-15(9-11)22-13-3-1-2-4-14(13)23(17-22)16-10-12(19)6-8-21-16;/h1-10H;. The molecule has 121 valence electrons. The van der Waals surface area contributed by atoms with Gasteiger partial charge in [0.2, 0.25) is 0 Å². The van der Waals surface area contributed by atoms with E-state index in [0.29, 0.717) is 11.6 Å². The summed E-state index contributed by atoms with van der Waals surface area (Å²) in [5.74, 6) is 0.138. The zero-order chi connectivity index (χ0) is 15.8. The molecule has 0 fully saturated rings. The summed E-state index contributed by atoms with van der Waals surface area (Å²) in [5.41, 5.74) is 1.63. The zero-order valence-corrected chi connectivity index (χ0v) is 14.5. The van der Waals surface area contributed by atoms with Crippen molar-refractivity contribution in [1.29, 1.82) is 0 Å². The van der Waals surface area contributed by atoms with E-state index in [1.165, 1.54) is 36.7 Å². The molecule has 0 unspecified atom stereocenters. The predicted octanol–water partition coefficient (Wildman–Crippen LogP) is 3.58. The molecule has 3 aromatic rings. The number of halogens is 2. The fourth-order valence-electron chi connectivity index (χ4n) is 2.53. The van der Waals surface area contributed by atoms with Crippen molar-refractivity contribution in [2.45, 2.75) is 0 Å². The van der Waals surface area contributed by atoms with E-state index in [1.807, 2.05) is 24.3 Å². The number of para-hydroxylation sites is 2. The smallest absolute Gasteiger partial charge is 0.351 e. The summed E-state index contributed by atoms with van der Waals surface area (Å²) < 4.78 is 27.0. The minimum Gasteiger partial charge on any atom is -0.351 e. The summed E-state index contributed by atoms with van der Waals surface area (Å²) >= 11 is 0. The molecule has 1 aliphatic rings. The Hall–Kier alpha value is -2.27. The molecule has 0 aliphatic carbocycles. The van der Waals surface area contributed by atoms with Gasteiger partial charge in [-0.05, 0) is 24.3 Å². The summed E-state index contributed by atoms with van der Waals surface area (Å²) in [6, 6.07) is 12.8. The number of benzene rings is 1. The van der Waals surface area contributed by atoms with Crippen LogP contribution in [0.3, 0.4) is 0 Å². The topological polar surface area (TPSA) is 32.3 Å². The largest absolute Gasteiger partial charge is 0.403 e. The van der Waals surface area contributed by atoms with Crippen molar-refractivity contribution in [1.82, 2.24) is 9.97 Å². The maximum Gasteiger partial charge on any atom is 0.403 e. The van der Waals surface area contributed by atoms with Crippen LogP contribution in [0, 0.1) is 11.6 Å². The monoisotopic (exact) mass is 502 g/mol. The number of hydrogen-bond acceptors (Lipinski definition) is 4. The average molecular weight is 502 g/mol. The first-order chi connectivity index (χ1) is 11.2. The summed E-state index contributed by atoms with van der Waals surface area (Å²) in [4.78, 5) is 11.9. The van der Waals surface area contributed by atoms with E-state index in [-0.39, 0.29) is 32.7 Å². The van der Waals surface area contributed by atoms with Gasteiger partial charge < -0.3 is 9.62 Å². The van der Waals surface area contributed by atoms with Crippen LogP contribution in [0.4, 0.5) is 31.8 Å². The molecule has 3 heterocycles.